The molecule has 3 rings (SSSR count). The lowest BCUT2D eigenvalue weighted by atomic mass is 10.1. The molecule has 0 spiro atoms. The Labute approximate surface area is 154 Å². The van der Waals surface area contributed by atoms with Crippen molar-refractivity contribution in [3.8, 4) is 0 Å². The van der Waals surface area contributed by atoms with Crippen LogP contribution in [0.2, 0.25) is 0 Å². The number of amides is 1. The number of rotatable bonds is 5. The Morgan fingerprint density at radius 3 is 2.59 bits per heavy atom. The average molecular weight is 363 g/mol. The molecule has 0 aliphatic heterocycles. The molecule has 0 bridgehead atoms. The van der Waals surface area contributed by atoms with Crippen LogP contribution in [0.25, 0.3) is 17.0 Å². The van der Waals surface area contributed by atoms with E-state index in [-0.39, 0.29) is 11.0 Å². The molecule has 0 fully saturated rings. The number of aryl methyl sites for hydroxylation is 1. The number of benzene rings is 2. The van der Waals surface area contributed by atoms with Crippen LogP contribution in [0.4, 0.5) is 0 Å². The van der Waals surface area contributed by atoms with E-state index in [0.29, 0.717) is 16.5 Å². The molecule has 1 heterocycles. The summed E-state index contributed by atoms with van der Waals surface area (Å²) in [5, 5.41) is 12.2. The van der Waals surface area contributed by atoms with Gasteiger partial charge in [-0.3, -0.25) is 9.59 Å². The number of carboxylic acid groups (broad SMARTS) is 1. The molecule has 1 amide bonds. The summed E-state index contributed by atoms with van der Waals surface area (Å²) in [5.74, 6) is -1.81. The first-order valence-corrected chi connectivity index (χ1v) is 8.24. The van der Waals surface area contributed by atoms with Crippen molar-refractivity contribution in [2.24, 2.45) is 0 Å². The van der Waals surface area contributed by atoms with Crippen molar-refractivity contribution in [1.82, 2.24) is 5.32 Å². The van der Waals surface area contributed by atoms with Crippen LogP contribution in [-0.4, -0.2) is 17.0 Å². The Bertz CT molecular complexity index is 1080. The summed E-state index contributed by atoms with van der Waals surface area (Å²) in [7, 11) is 0. The van der Waals surface area contributed by atoms with E-state index in [1.807, 2.05) is 13.0 Å². The molecule has 0 saturated heterocycles. The second-order valence-corrected chi connectivity index (χ2v) is 6.04. The van der Waals surface area contributed by atoms with Crippen molar-refractivity contribution in [2.45, 2.75) is 13.0 Å². The van der Waals surface area contributed by atoms with Crippen molar-refractivity contribution in [3.63, 3.8) is 0 Å². The molecule has 136 valence electrons. The zero-order valence-corrected chi connectivity index (χ0v) is 14.5. The fourth-order valence-corrected chi connectivity index (χ4v) is 2.66. The standard InChI is InChI=1S/C21H17NO5/c1-13-7-9-17-16(11-13)20(24)15(12-27-17)8-10-18(23)22-19(21(25)26)14-5-3-2-4-6-14/h2-12,19H,1H3,(H,22,23)(H,25,26)/b10-8+/t19-/m0/s1. The van der Waals surface area contributed by atoms with Crippen LogP contribution in [0.15, 0.2) is 70.1 Å². The Morgan fingerprint density at radius 1 is 1.15 bits per heavy atom. The molecule has 1 atom stereocenters. The summed E-state index contributed by atoms with van der Waals surface area (Å²) >= 11 is 0. The summed E-state index contributed by atoms with van der Waals surface area (Å²) in [6, 6.07) is 12.4. The maximum Gasteiger partial charge on any atom is 0.330 e. The van der Waals surface area contributed by atoms with Gasteiger partial charge in [0.05, 0.1) is 10.9 Å². The molecule has 6 heteroatoms. The molecule has 3 aromatic rings. The van der Waals surface area contributed by atoms with Gasteiger partial charge < -0.3 is 14.8 Å². The van der Waals surface area contributed by atoms with Gasteiger partial charge in [-0.05, 0) is 30.7 Å². The van der Waals surface area contributed by atoms with Crippen molar-refractivity contribution in [1.29, 1.82) is 0 Å². The number of hydrogen-bond acceptors (Lipinski definition) is 4. The lowest BCUT2D eigenvalue weighted by molar-refractivity contribution is -0.141. The molecule has 6 nitrogen and oxygen atoms in total. The van der Waals surface area contributed by atoms with Crippen molar-refractivity contribution in [2.75, 3.05) is 0 Å². The first-order valence-electron chi connectivity index (χ1n) is 8.24. The third-order valence-electron chi connectivity index (χ3n) is 4.04. The topological polar surface area (TPSA) is 96.6 Å². The smallest absolute Gasteiger partial charge is 0.330 e. The van der Waals surface area contributed by atoms with Gasteiger partial charge in [-0.2, -0.15) is 0 Å². The minimum Gasteiger partial charge on any atom is -0.479 e. The maximum atomic E-state index is 12.5. The second kappa shape index (κ2) is 7.70. The van der Waals surface area contributed by atoms with Crippen LogP contribution in [0.1, 0.15) is 22.7 Å². The largest absolute Gasteiger partial charge is 0.479 e. The molecular weight excluding hydrogens is 346 g/mol. The van der Waals surface area contributed by atoms with E-state index >= 15 is 0 Å². The SMILES string of the molecule is Cc1ccc2occ(/C=C/C(=O)N[C@H](C(=O)O)c3ccccc3)c(=O)c2c1. The highest BCUT2D eigenvalue weighted by Crippen LogP contribution is 2.15. The van der Waals surface area contributed by atoms with E-state index in [1.165, 1.54) is 12.3 Å². The van der Waals surface area contributed by atoms with E-state index in [9.17, 15) is 19.5 Å². The highest BCUT2D eigenvalue weighted by Gasteiger charge is 2.20. The van der Waals surface area contributed by atoms with Gasteiger partial charge in [-0.15, -0.1) is 0 Å². The van der Waals surface area contributed by atoms with Gasteiger partial charge in [-0.1, -0.05) is 42.0 Å². The summed E-state index contributed by atoms with van der Waals surface area (Å²) in [5.41, 5.74) is 1.77. The van der Waals surface area contributed by atoms with Crippen LogP contribution < -0.4 is 10.7 Å². The van der Waals surface area contributed by atoms with Gasteiger partial charge in [0.1, 0.15) is 11.8 Å². The molecule has 0 unspecified atom stereocenters. The molecule has 0 radical (unpaired) electrons. The molecule has 0 saturated carbocycles. The van der Waals surface area contributed by atoms with E-state index in [0.717, 1.165) is 11.6 Å². The average Bonchev–Trinajstić information content (AvgIpc) is 2.66. The lowest BCUT2D eigenvalue weighted by Gasteiger charge is -2.13. The predicted molar refractivity (Wildman–Crippen MR) is 101 cm³/mol. The molecule has 2 N–H and O–H groups in total. The second-order valence-electron chi connectivity index (χ2n) is 6.04. The number of aliphatic carboxylic acids is 1. The Balaban J connectivity index is 1.82. The summed E-state index contributed by atoms with van der Waals surface area (Å²) in [6.07, 6.45) is 3.70. The van der Waals surface area contributed by atoms with E-state index in [1.54, 1.807) is 42.5 Å². The molecule has 2 aromatic carbocycles. The van der Waals surface area contributed by atoms with Crippen LogP contribution in [0.5, 0.6) is 0 Å². The fraction of sp³-hybridized carbons (Fsp3) is 0.0952. The zero-order valence-electron chi connectivity index (χ0n) is 14.5. The maximum absolute atomic E-state index is 12.5. The number of carboxylic acids is 1. The molecular formula is C21H17NO5. The summed E-state index contributed by atoms with van der Waals surface area (Å²) in [6.45, 7) is 1.87. The highest BCUT2D eigenvalue weighted by molar-refractivity contribution is 5.95. The van der Waals surface area contributed by atoms with E-state index < -0.39 is 17.9 Å². The summed E-state index contributed by atoms with van der Waals surface area (Å²) < 4.78 is 5.42. The number of carbonyl (C=O) groups excluding carboxylic acids is 1. The number of carbonyl (C=O) groups is 2. The monoisotopic (exact) mass is 363 g/mol. The van der Waals surface area contributed by atoms with E-state index in [4.69, 9.17) is 4.42 Å². The van der Waals surface area contributed by atoms with Crippen LogP contribution in [-0.2, 0) is 9.59 Å². The first-order chi connectivity index (χ1) is 13.0. The van der Waals surface area contributed by atoms with Crippen molar-refractivity contribution >= 4 is 28.9 Å². The van der Waals surface area contributed by atoms with Gasteiger partial charge >= 0.3 is 5.97 Å². The van der Waals surface area contributed by atoms with Gasteiger partial charge in [0.15, 0.2) is 11.5 Å². The molecule has 27 heavy (non-hydrogen) atoms. The van der Waals surface area contributed by atoms with Crippen molar-refractivity contribution in [3.05, 3.63) is 87.8 Å². The van der Waals surface area contributed by atoms with Gasteiger partial charge in [-0.25, -0.2) is 4.79 Å². The Morgan fingerprint density at radius 2 is 1.89 bits per heavy atom. The van der Waals surface area contributed by atoms with Crippen LogP contribution >= 0.6 is 0 Å². The highest BCUT2D eigenvalue weighted by atomic mass is 16.4. The third kappa shape index (κ3) is 4.12. The Kier molecular flexibility index (Phi) is 5.17. The van der Waals surface area contributed by atoms with Gasteiger partial charge in [0, 0.05) is 6.08 Å². The lowest BCUT2D eigenvalue weighted by Crippen LogP contribution is -2.32. The number of hydrogen-bond donors (Lipinski definition) is 2. The van der Waals surface area contributed by atoms with E-state index in [2.05, 4.69) is 5.32 Å². The van der Waals surface area contributed by atoms with Gasteiger partial charge in [0.25, 0.3) is 0 Å². The first kappa shape index (κ1) is 18.1. The van der Waals surface area contributed by atoms with Crippen LogP contribution in [0.3, 0.4) is 0 Å². The summed E-state index contributed by atoms with van der Waals surface area (Å²) in [4.78, 5) is 36.1. The fourth-order valence-electron chi connectivity index (χ4n) is 2.66. The number of nitrogens with one attached hydrogen (secondary N) is 1. The van der Waals surface area contributed by atoms with Crippen LogP contribution in [0, 0.1) is 6.92 Å². The third-order valence-corrected chi connectivity index (χ3v) is 4.04. The van der Waals surface area contributed by atoms with Gasteiger partial charge in [0.2, 0.25) is 5.91 Å². The number of fused-ring (bicyclic) bond motifs is 1. The molecule has 0 aliphatic carbocycles. The molecule has 1 aromatic heterocycles. The molecule has 0 aliphatic rings. The van der Waals surface area contributed by atoms with Crippen molar-refractivity contribution < 1.29 is 19.1 Å². The minimum absolute atomic E-state index is 0.204. The minimum atomic E-state index is -1.18. The Hall–Kier alpha value is -3.67. The normalized spacial score (nSPS) is 12.2. The zero-order chi connectivity index (χ0) is 19.4. The predicted octanol–water partition coefficient (Wildman–Crippen LogP) is 3.06. The quantitative estimate of drug-likeness (QED) is 0.679.